The number of aliphatic hydroxyl groups excluding tert-OH is 1. The summed E-state index contributed by atoms with van der Waals surface area (Å²) in [4.78, 5) is 39.4. The fourth-order valence-corrected chi connectivity index (χ4v) is 6.54. The largest absolute Gasteiger partial charge is 0.497 e. The van der Waals surface area contributed by atoms with E-state index in [1.54, 1.807) is 36.9 Å². The normalized spacial score (nSPS) is 19.5. The van der Waals surface area contributed by atoms with Crippen molar-refractivity contribution >= 4 is 23.4 Å². The summed E-state index contributed by atoms with van der Waals surface area (Å²) in [6, 6.07) is 6.39. The number of fused-ring (bicyclic) bond motifs is 1. The Morgan fingerprint density at radius 2 is 1.63 bits per heavy atom. The lowest BCUT2D eigenvalue weighted by molar-refractivity contribution is -0.143. The number of hydrogen-bond donors (Lipinski definition) is 2. The monoisotopic (exact) mass is 724 g/mol. The molecular formula is C34H38F6N6O5. The quantitative estimate of drug-likeness (QED) is 0.296. The number of alkyl halides is 6. The minimum absolute atomic E-state index is 0.0699. The summed E-state index contributed by atoms with van der Waals surface area (Å²) in [5, 5.41) is 9.29. The van der Waals surface area contributed by atoms with Gasteiger partial charge in [0.25, 0.3) is 0 Å². The molecule has 276 valence electrons. The third-order valence-corrected chi connectivity index (χ3v) is 9.22. The second kappa shape index (κ2) is 14.5. The molecule has 2 amide bonds. The van der Waals surface area contributed by atoms with Crippen LogP contribution in [0.25, 0.3) is 0 Å². The number of methoxy groups -OCH3 is 1. The number of rotatable bonds is 8. The number of amides is 2. The van der Waals surface area contributed by atoms with Gasteiger partial charge < -0.3 is 30.1 Å². The van der Waals surface area contributed by atoms with Gasteiger partial charge in [0, 0.05) is 38.5 Å². The van der Waals surface area contributed by atoms with Crippen molar-refractivity contribution < 1.29 is 50.5 Å². The molecule has 2 aliphatic heterocycles. The number of aromatic nitrogens is 2. The first-order valence-electron chi connectivity index (χ1n) is 16.2. The van der Waals surface area contributed by atoms with Crippen molar-refractivity contribution in [3.05, 3.63) is 76.4 Å². The summed E-state index contributed by atoms with van der Waals surface area (Å²) in [5.41, 5.74) is 3.85. The van der Waals surface area contributed by atoms with Crippen molar-refractivity contribution in [3.63, 3.8) is 0 Å². The first-order valence-corrected chi connectivity index (χ1v) is 16.2. The molecule has 3 aromatic rings. The molecule has 1 aromatic heterocycles. The van der Waals surface area contributed by atoms with Crippen LogP contribution >= 0.6 is 0 Å². The lowest BCUT2D eigenvalue weighted by Crippen LogP contribution is -2.61. The predicted octanol–water partition coefficient (Wildman–Crippen LogP) is 5.32. The molecule has 11 nitrogen and oxygen atoms in total. The van der Waals surface area contributed by atoms with Crippen LogP contribution < -0.4 is 20.3 Å². The molecule has 2 atom stereocenters. The van der Waals surface area contributed by atoms with E-state index in [9.17, 15) is 41.0 Å². The van der Waals surface area contributed by atoms with Crippen molar-refractivity contribution in [1.82, 2.24) is 14.9 Å². The van der Waals surface area contributed by atoms with Crippen LogP contribution in [-0.4, -0.2) is 84.1 Å². The molecule has 17 heteroatoms. The third kappa shape index (κ3) is 7.83. The molecule has 51 heavy (non-hydrogen) atoms. The van der Waals surface area contributed by atoms with Gasteiger partial charge in [-0.2, -0.15) is 26.3 Å². The molecule has 3 N–H and O–H groups in total. The van der Waals surface area contributed by atoms with Crippen LogP contribution in [0.3, 0.4) is 0 Å². The van der Waals surface area contributed by atoms with Crippen LogP contribution in [0, 0.1) is 0 Å². The number of aliphatic hydroxyl groups is 1. The van der Waals surface area contributed by atoms with Gasteiger partial charge in [-0.15, -0.1) is 0 Å². The SMILES string of the molecule is CCOC(=O)N1c2ccc(OC)cc2[C@@H](c2ncc(N3CCN(C(=O)CO)CC3)c(Cc3cc(C(F)(F)F)cc(C(F)(F)F)c3)n2)C[C@@]1(N)CC. The molecule has 0 spiro atoms. The minimum Gasteiger partial charge on any atom is -0.497 e. The molecule has 0 aliphatic carbocycles. The van der Waals surface area contributed by atoms with Crippen molar-refractivity contribution in [2.75, 3.05) is 56.3 Å². The molecule has 1 saturated heterocycles. The summed E-state index contributed by atoms with van der Waals surface area (Å²) in [5.74, 6) is -0.550. The Hall–Kier alpha value is -4.64. The Morgan fingerprint density at radius 1 is 0.980 bits per heavy atom. The van der Waals surface area contributed by atoms with E-state index in [4.69, 9.17) is 20.2 Å². The second-order valence-corrected chi connectivity index (χ2v) is 12.3. The average Bonchev–Trinajstić information content (AvgIpc) is 3.10. The van der Waals surface area contributed by atoms with E-state index in [1.807, 2.05) is 0 Å². The Bertz CT molecular complexity index is 1730. The molecule has 0 saturated carbocycles. The van der Waals surface area contributed by atoms with Crippen LogP contribution in [0.15, 0.2) is 42.6 Å². The number of benzene rings is 2. The number of carbonyl (C=O) groups is 2. The zero-order valence-electron chi connectivity index (χ0n) is 28.1. The number of nitrogens with zero attached hydrogens (tertiary/aromatic N) is 5. The topological polar surface area (TPSA) is 134 Å². The highest BCUT2D eigenvalue weighted by atomic mass is 19.4. The van der Waals surface area contributed by atoms with E-state index in [1.165, 1.54) is 23.1 Å². The first kappa shape index (κ1) is 37.6. The van der Waals surface area contributed by atoms with Crippen LogP contribution in [0.1, 0.15) is 66.4 Å². The first-order chi connectivity index (χ1) is 24.0. The van der Waals surface area contributed by atoms with E-state index in [0.717, 1.165) is 0 Å². The van der Waals surface area contributed by atoms with Crippen LogP contribution in [-0.2, 0) is 28.3 Å². The van der Waals surface area contributed by atoms with Gasteiger partial charge >= 0.3 is 18.4 Å². The average molecular weight is 725 g/mol. The van der Waals surface area contributed by atoms with Crippen molar-refractivity contribution in [2.24, 2.45) is 5.73 Å². The summed E-state index contributed by atoms with van der Waals surface area (Å²) in [6.45, 7) is 3.73. The Kier molecular flexibility index (Phi) is 10.7. The van der Waals surface area contributed by atoms with E-state index in [2.05, 4.69) is 4.98 Å². The zero-order chi connectivity index (χ0) is 37.3. The molecular weight excluding hydrogens is 686 g/mol. The maximum Gasteiger partial charge on any atom is 0.416 e. The highest BCUT2D eigenvalue weighted by Gasteiger charge is 2.46. The smallest absolute Gasteiger partial charge is 0.416 e. The van der Waals surface area contributed by atoms with Gasteiger partial charge in [0.15, 0.2) is 0 Å². The van der Waals surface area contributed by atoms with Crippen LogP contribution in [0.5, 0.6) is 5.75 Å². The standard InChI is InChI=1S/C34H38F6N6O5/c1-4-32(41)17-25(24-16-23(50-3)6-7-27(24)46(32)31(49)51-5-2)30-42-18-28(44-8-10-45(11-9-44)29(48)19-47)26(43-30)14-20-12-21(33(35,36)37)15-22(13-20)34(38,39)40/h6-7,12-13,15-16,18,25,47H,4-5,8-11,14,17,19,41H2,1-3H3/t25-,32+/m0/s1. The number of anilines is 2. The van der Waals surface area contributed by atoms with Gasteiger partial charge in [0.2, 0.25) is 5.91 Å². The van der Waals surface area contributed by atoms with Crippen molar-refractivity contribution in [3.8, 4) is 5.75 Å². The number of halogens is 6. The summed E-state index contributed by atoms with van der Waals surface area (Å²) in [7, 11) is 1.46. The number of piperazine rings is 1. The number of carbonyl (C=O) groups excluding carboxylic acids is 2. The molecule has 2 aromatic carbocycles. The fourth-order valence-electron chi connectivity index (χ4n) is 6.54. The maximum atomic E-state index is 13.8. The highest BCUT2D eigenvalue weighted by molar-refractivity contribution is 5.91. The third-order valence-electron chi connectivity index (χ3n) is 9.22. The molecule has 0 radical (unpaired) electrons. The van der Waals surface area contributed by atoms with E-state index < -0.39 is 60.1 Å². The molecule has 3 heterocycles. The minimum atomic E-state index is -5.05. The van der Waals surface area contributed by atoms with E-state index >= 15 is 0 Å². The van der Waals surface area contributed by atoms with Crippen LogP contribution in [0.4, 0.5) is 42.5 Å². The van der Waals surface area contributed by atoms with E-state index in [-0.39, 0.29) is 68.8 Å². The molecule has 5 rings (SSSR count). The molecule has 0 unspecified atom stereocenters. The van der Waals surface area contributed by atoms with Crippen molar-refractivity contribution in [2.45, 2.75) is 57.0 Å². The maximum absolute atomic E-state index is 13.8. The zero-order valence-corrected chi connectivity index (χ0v) is 28.1. The van der Waals surface area contributed by atoms with Crippen LogP contribution in [0.2, 0.25) is 0 Å². The fraction of sp³-hybridized carbons (Fsp3) is 0.471. The molecule has 1 fully saturated rings. The predicted molar refractivity (Wildman–Crippen MR) is 173 cm³/mol. The summed E-state index contributed by atoms with van der Waals surface area (Å²) < 4.78 is 93.7. The Morgan fingerprint density at radius 3 is 2.18 bits per heavy atom. The Balaban J connectivity index is 1.66. The van der Waals surface area contributed by atoms with Gasteiger partial charge in [-0.25, -0.2) is 14.8 Å². The Labute approximate surface area is 289 Å². The number of nitrogens with two attached hydrogens (primary N) is 1. The van der Waals surface area contributed by atoms with Gasteiger partial charge in [-0.1, -0.05) is 6.92 Å². The van der Waals surface area contributed by atoms with Crippen molar-refractivity contribution in [1.29, 1.82) is 0 Å². The second-order valence-electron chi connectivity index (χ2n) is 12.3. The van der Waals surface area contributed by atoms with Gasteiger partial charge in [0.1, 0.15) is 23.8 Å². The van der Waals surface area contributed by atoms with Gasteiger partial charge in [0.05, 0.1) is 48.1 Å². The number of hydrogen-bond acceptors (Lipinski definition) is 9. The van der Waals surface area contributed by atoms with Gasteiger partial charge in [-0.3, -0.25) is 9.69 Å². The summed E-state index contributed by atoms with van der Waals surface area (Å²) in [6.07, 6.45) is -9.38. The van der Waals surface area contributed by atoms with E-state index in [0.29, 0.717) is 34.8 Å². The number of ether oxygens (including phenoxy) is 2. The lowest BCUT2D eigenvalue weighted by Gasteiger charge is -2.46. The van der Waals surface area contributed by atoms with Gasteiger partial charge in [-0.05, 0) is 67.3 Å². The summed E-state index contributed by atoms with van der Waals surface area (Å²) >= 11 is 0. The molecule has 2 aliphatic rings. The highest BCUT2D eigenvalue weighted by Crippen LogP contribution is 2.47. The lowest BCUT2D eigenvalue weighted by atomic mass is 9.80. The molecule has 0 bridgehead atoms.